The monoisotopic (exact) mass is 498 g/mol. The van der Waals surface area contributed by atoms with E-state index >= 15 is 0 Å². The van der Waals surface area contributed by atoms with Crippen molar-refractivity contribution < 1.29 is 26.3 Å². The maximum absolute atomic E-state index is 12.7. The smallest absolute Gasteiger partial charge is 0.378 e. The third-order valence-corrected chi connectivity index (χ3v) is 7.81. The van der Waals surface area contributed by atoms with E-state index in [0.29, 0.717) is 37.5 Å². The first-order valence-electron chi connectivity index (χ1n) is 11.5. The Hall–Kier alpha value is -2.27. The first-order valence-corrected chi connectivity index (χ1v) is 13.4. The average Bonchev–Trinajstić information content (AvgIpc) is 2.82. The molecule has 2 aliphatic rings. The Morgan fingerprint density at radius 1 is 0.971 bits per heavy atom. The average molecular weight is 499 g/mol. The number of nitrogens with zero attached hydrogens (tertiary/aromatic N) is 4. The van der Waals surface area contributed by atoms with Crippen molar-refractivity contribution in [2.45, 2.75) is 61.6 Å². The van der Waals surface area contributed by atoms with Gasteiger partial charge in [0.05, 0.1) is 16.6 Å². The molecule has 2 fully saturated rings. The van der Waals surface area contributed by atoms with Crippen molar-refractivity contribution in [1.29, 1.82) is 0 Å². The molecule has 0 atom stereocenters. The molecule has 0 bridgehead atoms. The summed E-state index contributed by atoms with van der Waals surface area (Å²) >= 11 is 0. The van der Waals surface area contributed by atoms with E-state index in [0.717, 1.165) is 56.6 Å². The lowest BCUT2D eigenvalue weighted by atomic mass is 9.85. The van der Waals surface area contributed by atoms with Gasteiger partial charge in [-0.2, -0.15) is 13.2 Å². The Morgan fingerprint density at radius 3 is 2.15 bits per heavy atom. The van der Waals surface area contributed by atoms with E-state index in [2.05, 4.69) is 15.0 Å². The molecule has 2 aromatic rings. The highest BCUT2D eigenvalue weighted by atomic mass is 32.2. The van der Waals surface area contributed by atoms with Crippen molar-refractivity contribution in [3.8, 4) is 0 Å². The SMILES string of the molecule is CS(=O)(=O)c1ccc([C@H]2CC[C@H](OCC3CCN(c4ncc(C(F)(F)F)cn4)CC3)CC2)nc1. The van der Waals surface area contributed by atoms with Crippen molar-refractivity contribution in [3.63, 3.8) is 0 Å². The van der Waals surface area contributed by atoms with Gasteiger partial charge in [-0.3, -0.25) is 4.98 Å². The number of rotatable bonds is 6. The number of halogens is 3. The molecule has 4 rings (SSSR count). The van der Waals surface area contributed by atoms with Crippen LogP contribution >= 0.6 is 0 Å². The fraction of sp³-hybridized carbons (Fsp3) is 0.609. The van der Waals surface area contributed by atoms with Crippen LogP contribution in [0.5, 0.6) is 0 Å². The molecule has 11 heteroatoms. The number of pyridine rings is 1. The minimum atomic E-state index is -4.43. The summed E-state index contributed by atoms with van der Waals surface area (Å²) in [6.07, 6.45) is 5.65. The Bertz CT molecular complexity index is 1050. The van der Waals surface area contributed by atoms with E-state index in [4.69, 9.17) is 4.74 Å². The van der Waals surface area contributed by atoms with Crippen molar-refractivity contribution in [3.05, 3.63) is 42.0 Å². The van der Waals surface area contributed by atoms with Gasteiger partial charge in [0.25, 0.3) is 0 Å². The first-order chi connectivity index (χ1) is 16.1. The number of hydrogen-bond acceptors (Lipinski definition) is 7. The van der Waals surface area contributed by atoms with Gasteiger partial charge in [-0.1, -0.05) is 0 Å². The molecular weight excluding hydrogens is 469 g/mol. The largest absolute Gasteiger partial charge is 0.419 e. The van der Waals surface area contributed by atoms with E-state index in [9.17, 15) is 21.6 Å². The van der Waals surface area contributed by atoms with E-state index in [1.807, 2.05) is 11.0 Å². The van der Waals surface area contributed by atoms with Crippen LogP contribution in [0.3, 0.4) is 0 Å². The van der Waals surface area contributed by atoms with Gasteiger partial charge in [0, 0.05) is 56.2 Å². The van der Waals surface area contributed by atoms with Crippen LogP contribution in [0.25, 0.3) is 0 Å². The summed E-state index contributed by atoms with van der Waals surface area (Å²) < 4.78 is 67.4. The second kappa shape index (κ2) is 10.2. The lowest BCUT2D eigenvalue weighted by molar-refractivity contribution is -0.138. The summed E-state index contributed by atoms with van der Waals surface area (Å²) in [6, 6.07) is 3.44. The summed E-state index contributed by atoms with van der Waals surface area (Å²) in [5.74, 6) is 1.07. The quantitative estimate of drug-likeness (QED) is 0.589. The molecule has 0 aromatic carbocycles. The standard InChI is InChI=1S/C23H29F3N4O3S/c1-34(31,32)20-6-7-21(27-14-20)17-2-4-19(5-3-17)33-15-16-8-10-30(11-9-16)22-28-12-18(13-29-22)23(24,25)26/h6-7,12-14,16-17,19H,2-5,8-11,15H2,1H3/t17-,19-. The number of aromatic nitrogens is 3. The lowest BCUT2D eigenvalue weighted by Crippen LogP contribution is -2.37. The Balaban J connectivity index is 1.18. The van der Waals surface area contributed by atoms with Crippen LogP contribution < -0.4 is 4.90 Å². The minimum absolute atomic E-state index is 0.211. The van der Waals surface area contributed by atoms with Crippen LogP contribution in [0.2, 0.25) is 0 Å². The van der Waals surface area contributed by atoms with E-state index in [-0.39, 0.29) is 11.0 Å². The summed E-state index contributed by atoms with van der Waals surface area (Å²) in [5, 5.41) is 0. The molecule has 7 nitrogen and oxygen atoms in total. The molecule has 0 spiro atoms. The van der Waals surface area contributed by atoms with Gasteiger partial charge in [-0.15, -0.1) is 0 Å². The highest BCUT2D eigenvalue weighted by Gasteiger charge is 2.32. The fourth-order valence-electron chi connectivity index (χ4n) is 4.58. The molecule has 2 aromatic heterocycles. The minimum Gasteiger partial charge on any atom is -0.378 e. The van der Waals surface area contributed by atoms with Gasteiger partial charge in [0.2, 0.25) is 5.95 Å². The van der Waals surface area contributed by atoms with E-state index < -0.39 is 21.6 Å². The highest BCUT2D eigenvalue weighted by Crippen LogP contribution is 2.34. The van der Waals surface area contributed by atoms with Crippen molar-refractivity contribution in [2.24, 2.45) is 5.92 Å². The van der Waals surface area contributed by atoms with Gasteiger partial charge in [0.1, 0.15) is 0 Å². The number of alkyl halides is 3. The molecule has 1 aliphatic carbocycles. The summed E-state index contributed by atoms with van der Waals surface area (Å²) in [4.78, 5) is 14.3. The number of ether oxygens (including phenoxy) is 1. The zero-order chi connectivity index (χ0) is 24.3. The fourth-order valence-corrected chi connectivity index (χ4v) is 5.14. The van der Waals surface area contributed by atoms with Crippen molar-refractivity contribution in [1.82, 2.24) is 15.0 Å². The van der Waals surface area contributed by atoms with Crippen LogP contribution in [0.1, 0.15) is 55.7 Å². The van der Waals surface area contributed by atoms with Gasteiger partial charge in [0.15, 0.2) is 9.84 Å². The summed E-state index contributed by atoms with van der Waals surface area (Å²) in [7, 11) is -3.24. The molecule has 186 valence electrons. The number of hydrogen-bond donors (Lipinski definition) is 0. The van der Waals surface area contributed by atoms with Gasteiger partial charge < -0.3 is 9.64 Å². The lowest BCUT2D eigenvalue weighted by Gasteiger charge is -2.34. The predicted molar refractivity (Wildman–Crippen MR) is 120 cm³/mol. The second-order valence-electron chi connectivity index (χ2n) is 9.20. The zero-order valence-electron chi connectivity index (χ0n) is 19.0. The third kappa shape index (κ3) is 6.24. The molecule has 1 saturated heterocycles. The van der Waals surface area contributed by atoms with Gasteiger partial charge in [-0.05, 0) is 56.6 Å². The number of sulfone groups is 1. The van der Waals surface area contributed by atoms with Crippen LogP contribution in [0.15, 0.2) is 35.6 Å². The summed E-state index contributed by atoms with van der Waals surface area (Å²) in [6.45, 7) is 2.07. The third-order valence-electron chi connectivity index (χ3n) is 6.71. The molecule has 3 heterocycles. The van der Waals surface area contributed by atoms with Crippen molar-refractivity contribution in [2.75, 3.05) is 30.9 Å². The molecule has 1 saturated carbocycles. The van der Waals surface area contributed by atoms with E-state index in [1.165, 1.54) is 12.5 Å². The first kappa shape index (κ1) is 24.8. The molecular formula is C23H29F3N4O3S. The molecule has 0 N–H and O–H groups in total. The molecule has 34 heavy (non-hydrogen) atoms. The van der Waals surface area contributed by atoms with Crippen LogP contribution in [0, 0.1) is 5.92 Å². The van der Waals surface area contributed by atoms with E-state index in [1.54, 1.807) is 6.07 Å². The number of anilines is 1. The second-order valence-corrected chi connectivity index (χ2v) is 11.2. The zero-order valence-corrected chi connectivity index (χ0v) is 19.9. The maximum atomic E-state index is 12.7. The topological polar surface area (TPSA) is 85.3 Å². The Labute approximate surface area is 197 Å². The number of piperidine rings is 1. The van der Waals surface area contributed by atoms with Gasteiger partial charge in [-0.25, -0.2) is 18.4 Å². The molecule has 0 amide bonds. The van der Waals surface area contributed by atoms with Crippen LogP contribution in [-0.2, 0) is 20.8 Å². The van der Waals surface area contributed by atoms with Gasteiger partial charge >= 0.3 is 6.18 Å². The van der Waals surface area contributed by atoms with Crippen molar-refractivity contribution >= 4 is 15.8 Å². The predicted octanol–water partition coefficient (Wildman–Crippen LogP) is 4.25. The summed E-state index contributed by atoms with van der Waals surface area (Å²) in [5.41, 5.74) is 0.0969. The van der Waals surface area contributed by atoms with Crippen LogP contribution in [-0.4, -0.2) is 55.4 Å². The Morgan fingerprint density at radius 2 is 1.62 bits per heavy atom. The Kier molecular flexibility index (Phi) is 7.42. The maximum Gasteiger partial charge on any atom is 0.419 e. The molecule has 1 aliphatic heterocycles. The molecule has 0 unspecified atom stereocenters. The molecule has 0 radical (unpaired) electrons. The van der Waals surface area contributed by atoms with Crippen LogP contribution in [0.4, 0.5) is 19.1 Å². The normalized spacial score (nSPS) is 22.6. The highest BCUT2D eigenvalue weighted by molar-refractivity contribution is 7.90.